The van der Waals surface area contributed by atoms with Gasteiger partial charge in [0, 0.05) is 14.8 Å². The van der Waals surface area contributed by atoms with E-state index in [0.29, 0.717) is 10.0 Å². The topological polar surface area (TPSA) is 20.2 Å². The van der Waals surface area contributed by atoms with Crippen molar-refractivity contribution in [3.8, 4) is 0 Å². The first-order valence-corrected chi connectivity index (χ1v) is 6.59. The van der Waals surface area contributed by atoms with Gasteiger partial charge in [-0.15, -0.1) is 0 Å². The number of benzene rings is 2. The van der Waals surface area contributed by atoms with Gasteiger partial charge < -0.3 is 5.11 Å². The minimum Gasteiger partial charge on any atom is -0.392 e. The monoisotopic (exact) mass is 284 g/mol. The second-order valence-electron chi connectivity index (χ2n) is 3.48. The van der Waals surface area contributed by atoms with E-state index in [4.69, 9.17) is 28.3 Å². The smallest absolute Gasteiger partial charge is 0.0681 e. The first-order chi connectivity index (χ1) is 8.19. The summed E-state index contributed by atoms with van der Waals surface area (Å²) < 4.78 is 0. The lowest BCUT2D eigenvalue weighted by Gasteiger charge is -2.05. The fraction of sp³-hybridized carbons (Fsp3) is 0.0769. The molecule has 0 saturated heterocycles. The highest BCUT2D eigenvalue weighted by Gasteiger charge is 2.03. The Hall–Kier alpha value is -0.670. The van der Waals surface area contributed by atoms with Gasteiger partial charge in [0.2, 0.25) is 0 Å². The second-order valence-corrected chi connectivity index (χ2v) is 5.44. The van der Waals surface area contributed by atoms with Crippen LogP contribution >= 0.6 is 35.0 Å². The third-order valence-corrected chi connectivity index (χ3v) is 3.97. The van der Waals surface area contributed by atoms with Gasteiger partial charge in [-0.25, -0.2) is 0 Å². The van der Waals surface area contributed by atoms with E-state index in [2.05, 4.69) is 0 Å². The number of rotatable bonds is 3. The summed E-state index contributed by atoms with van der Waals surface area (Å²) in [5.41, 5.74) is 0.895. The molecule has 0 atom stereocenters. The van der Waals surface area contributed by atoms with E-state index in [1.165, 1.54) is 0 Å². The van der Waals surface area contributed by atoms with Crippen LogP contribution in [0.25, 0.3) is 0 Å². The van der Waals surface area contributed by atoms with Crippen LogP contribution in [0.5, 0.6) is 0 Å². The summed E-state index contributed by atoms with van der Waals surface area (Å²) in [6.07, 6.45) is 0. The molecule has 88 valence electrons. The molecule has 2 aromatic rings. The zero-order valence-corrected chi connectivity index (χ0v) is 11.2. The zero-order chi connectivity index (χ0) is 12.3. The van der Waals surface area contributed by atoms with Crippen LogP contribution in [0.2, 0.25) is 10.0 Å². The Kier molecular flexibility index (Phi) is 4.35. The first-order valence-electron chi connectivity index (χ1n) is 5.02. The number of halogens is 2. The van der Waals surface area contributed by atoms with Gasteiger partial charge in [0.05, 0.1) is 11.6 Å². The van der Waals surface area contributed by atoms with Crippen molar-refractivity contribution in [2.75, 3.05) is 0 Å². The van der Waals surface area contributed by atoms with Crippen molar-refractivity contribution in [2.45, 2.75) is 16.4 Å². The van der Waals surface area contributed by atoms with Crippen molar-refractivity contribution >= 4 is 35.0 Å². The van der Waals surface area contributed by atoms with Crippen molar-refractivity contribution in [3.05, 3.63) is 58.1 Å². The molecule has 0 aromatic heterocycles. The lowest BCUT2D eigenvalue weighted by molar-refractivity contribution is 0.282. The molecule has 2 aromatic carbocycles. The fourth-order valence-electron chi connectivity index (χ4n) is 1.35. The van der Waals surface area contributed by atoms with Crippen LogP contribution in [0.3, 0.4) is 0 Å². The Morgan fingerprint density at radius 2 is 1.71 bits per heavy atom. The van der Waals surface area contributed by atoms with Crippen LogP contribution < -0.4 is 0 Å². The molecule has 0 saturated carbocycles. The van der Waals surface area contributed by atoms with Crippen molar-refractivity contribution in [1.82, 2.24) is 0 Å². The van der Waals surface area contributed by atoms with Crippen LogP contribution in [0.4, 0.5) is 0 Å². The van der Waals surface area contributed by atoms with Crippen LogP contribution in [0.1, 0.15) is 5.56 Å². The summed E-state index contributed by atoms with van der Waals surface area (Å²) in [6.45, 7) is 0.0584. The standard InChI is InChI=1S/C13H10Cl2OS/c14-10-3-6-12(15)13(7-10)17-11-4-1-9(8-16)2-5-11/h1-7,16H,8H2. The Bertz CT molecular complexity index is 511. The maximum atomic E-state index is 8.95. The van der Waals surface area contributed by atoms with Crippen LogP contribution in [0, 0.1) is 0 Å². The molecule has 0 bridgehead atoms. The largest absolute Gasteiger partial charge is 0.392 e. The Morgan fingerprint density at radius 1 is 1.00 bits per heavy atom. The first kappa shape index (κ1) is 12.8. The SMILES string of the molecule is OCc1ccc(Sc2cc(Cl)ccc2Cl)cc1. The van der Waals surface area contributed by atoms with Gasteiger partial charge in [-0.1, -0.05) is 47.1 Å². The van der Waals surface area contributed by atoms with E-state index in [1.807, 2.05) is 30.3 Å². The maximum Gasteiger partial charge on any atom is 0.0681 e. The number of hydrogen-bond donors (Lipinski definition) is 1. The Balaban J connectivity index is 2.22. The van der Waals surface area contributed by atoms with E-state index < -0.39 is 0 Å². The summed E-state index contributed by atoms with van der Waals surface area (Å²) in [5.74, 6) is 0. The average Bonchev–Trinajstić information content (AvgIpc) is 2.35. The maximum absolute atomic E-state index is 8.95. The van der Waals surface area contributed by atoms with Gasteiger partial charge in [-0.05, 0) is 35.9 Å². The number of hydrogen-bond acceptors (Lipinski definition) is 2. The number of aliphatic hydroxyl groups is 1. The molecule has 4 heteroatoms. The van der Waals surface area contributed by atoms with Crippen molar-refractivity contribution in [1.29, 1.82) is 0 Å². The van der Waals surface area contributed by atoms with Gasteiger partial charge >= 0.3 is 0 Å². The zero-order valence-electron chi connectivity index (χ0n) is 8.86. The molecular formula is C13H10Cl2OS. The van der Waals surface area contributed by atoms with Crippen LogP contribution in [-0.4, -0.2) is 5.11 Å². The van der Waals surface area contributed by atoms with Gasteiger partial charge in [0.25, 0.3) is 0 Å². The molecule has 0 amide bonds. The Labute approximate surface area is 114 Å². The highest BCUT2D eigenvalue weighted by Crippen LogP contribution is 2.35. The molecule has 2 rings (SSSR count). The molecular weight excluding hydrogens is 275 g/mol. The highest BCUT2D eigenvalue weighted by atomic mass is 35.5. The van der Waals surface area contributed by atoms with E-state index in [1.54, 1.807) is 23.9 Å². The molecule has 0 fully saturated rings. The molecule has 1 nitrogen and oxygen atoms in total. The molecule has 0 spiro atoms. The van der Waals surface area contributed by atoms with Crippen molar-refractivity contribution in [2.24, 2.45) is 0 Å². The third kappa shape index (κ3) is 3.39. The van der Waals surface area contributed by atoms with E-state index in [-0.39, 0.29) is 6.61 Å². The van der Waals surface area contributed by atoms with Gasteiger partial charge in [0.1, 0.15) is 0 Å². The third-order valence-electron chi connectivity index (χ3n) is 2.23. The quantitative estimate of drug-likeness (QED) is 0.886. The summed E-state index contributed by atoms with van der Waals surface area (Å²) >= 11 is 13.6. The number of aliphatic hydroxyl groups excluding tert-OH is 1. The minimum absolute atomic E-state index is 0.0584. The molecule has 1 N–H and O–H groups in total. The van der Waals surface area contributed by atoms with E-state index >= 15 is 0 Å². The van der Waals surface area contributed by atoms with E-state index in [9.17, 15) is 0 Å². The predicted molar refractivity (Wildman–Crippen MR) is 72.9 cm³/mol. The van der Waals surface area contributed by atoms with Gasteiger partial charge in [-0.2, -0.15) is 0 Å². The van der Waals surface area contributed by atoms with E-state index in [0.717, 1.165) is 15.4 Å². The molecule has 0 heterocycles. The lowest BCUT2D eigenvalue weighted by Crippen LogP contribution is -1.82. The molecule has 17 heavy (non-hydrogen) atoms. The summed E-state index contributed by atoms with van der Waals surface area (Å²) in [4.78, 5) is 1.99. The van der Waals surface area contributed by atoms with Gasteiger partial charge in [-0.3, -0.25) is 0 Å². The summed E-state index contributed by atoms with van der Waals surface area (Å²) in [5, 5.41) is 10.3. The normalized spacial score (nSPS) is 10.5. The summed E-state index contributed by atoms with van der Waals surface area (Å²) in [6, 6.07) is 13.1. The molecule has 0 aliphatic heterocycles. The molecule has 0 radical (unpaired) electrons. The fourth-order valence-corrected chi connectivity index (χ4v) is 2.69. The molecule has 0 aliphatic carbocycles. The Morgan fingerprint density at radius 3 is 2.35 bits per heavy atom. The minimum atomic E-state index is 0.0584. The second kappa shape index (κ2) is 5.78. The van der Waals surface area contributed by atoms with Crippen molar-refractivity contribution in [3.63, 3.8) is 0 Å². The summed E-state index contributed by atoms with van der Waals surface area (Å²) in [7, 11) is 0. The highest BCUT2D eigenvalue weighted by molar-refractivity contribution is 7.99. The van der Waals surface area contributed by atoms with Crippen LogP contribution in [0.15, 0.2) is 52.3 Å². The molecule has 0 unspecified atom stereocenters. The lowest BCUT2D eigenvalue weighted by atomic mass is 10.2. The predicted octanol–water partition coefficient (Wildman–Crippen LogP) is 4.64. The average molecular weight is 285 g/mol. The molecule has 0 aliphatic rings. The van der Waals surface area contributed by atoms with Gasteiger partial charge in [0.15, 0.2) is 0 Å². The van der Waals surface area contributed by atoms with Crippen molar-refractivity contribution < 1.29 is 5.11 Å². The van der Waals surface area contributed by atoms with Crippen LogP contribution in [-0.2, 0) is 6.61 Å².